The van der Waals surface area contributed by atoms with Gasteiger partial charge in [0, 0.05) is 28.2 Å². The largest absolute Gasteiger partial charge is 0.458 e. The van der Waals surface area contributed by atoms with Crippen LogP contribution in [0.25, 0.3) is 22.3 Å². The second kappa shape index (κ2) is 6.40. The van der Waals surface area contributed by atoms with E-state index in [1.54, 1.807) is 17.6 Å². The molecular weight excluding hydrogens is 382 g/mol. The Hall–Kier alpha value is -3.19. The van der Waals surface area contributed by atoms with E-state index in [1.165, 1.54) is 0 Å². The average Bonchev–Trinajstić information content (AvgIpc) is 3.08. The van der Waals surface area contributed by atoms with Crippen molar-refractivity contribution in [2.75, 3.05) is 5.32 Å². The molecule has 0 fully saturated rings. The van der Waals surface area contributed by atoms with Gasteiger partial charge in [-0.2, -0.15) is 0 Å². The maximum absolute atomic E-state index is 13.2. The number of aromatic nitrogens is 2. The summed E-state index contributed by atoms with van der Waals surface area (Å²) < 4.78 is 6.77. The Bertz CT molecular complexity index is 1280. The molecule has 0 saturated heterocycles. The van der Waals surface area contributed by atoms with E-state index in [4.69, 9.17) is 9.72 Å². The quantitative estimate of drug-likeness (QED) is 0.509. The van der Waals surface area contributed by atoms with Gasteiger partial charge in [0.1, 0.15) is 6.61 Å². The second-order valence-corrected chi connectivity index (χ2v) is 8.27. The van der Waals surface area contributed by atoms with Crippen molar-refractivity contribution in [2.45, 2.75) is 52.0 Å². The van der Waals surface area contributed by atoms with Crippen molar-refractivity contribution < 1.29 is 14.6 Å². The fourth-order valence-electron chi connectivity index (χ4n) is 4.44. The van der Waals surface area contributed by atoms with Crippen molar-refractivity contribution in [3.8, 4) is 11.4 Å². The Morgan fingerprint density at radius 3 is 2.83 bits per heavy atom. The average molecular weight is 405 g/mol. The summed E-state index contributed by atoms with van der Waals surface area (Å²) in [5.74, 6) is -0.712. The molecule has 4 heterocycles. The van der Waals surface area contributed by atoms with Crippen molar-refractivity contribution in [2.24, 2.45) is 0 Å². The molecule has 154 valence electrons. The van der Waals surface area contributed by atoms with Crippen molar-refractivity contribution in [3.05, 3.63) is 57.4 Å². The molecule has 0 aliphatic carbocycles. The number of rotatable bonds is 3. The molecular formula is C23H23N3O4. The van der Waals surface area contributed by atoms with E-state index in [0.717, 1.165) is 22.2 Å². The lowest BCUT2D eigenvalue weighted by Gasteiger charge is -2.31. The van der Waals surface area contributed by atoms with Gasteiger partial charge in [-0.25, -0.2) is 9.78 Å². The van der Waals surface area contributed by atoms with Gasteiger partial charge in [0.05, 0.1) is 29.0 Å². The highest BCUT2D eigenvalue weighted by atomic mass is 16.6. The van der Waals surface area contributed by atoms with E-state index in [-0.39, 0.29) is 24.6 Å². The number of anilines is 1. The summed E-state index contributed by atoms with van der Waals surface area (Å²) in [5, 5.41) is 15.4. The van der Waals surface area contributed by atoms with Crippen LogP contribution in [-0.2, 0) is 28.3 Å². The molecule has 7 nitrogen and oxygen atoms in total. The first-order chi connectivity index (χ1) is 14.3. The number of cyclic esters (lactones) is 1. The smallest absolute Gasteiger partial charge is 0.343 e. The molecule has 0 radical (unpaired) electrons. The lowest BCUT2D eigenvalue weighted by atomic mass is 9.86. The monoisotopic (exact) mass is 405 g/mol. The number of nitrogens with one attached hydrogen (secondary N) is 1. The number of carbonyl (C=O) groups is 1. The molecule has 2 aromatic heterocycles. The van der Waals surface area contributed by atoms with Gasteiger partial charge in [-0.1, -0.05) is 13.0 Å². The molecule has 3 aromatic rings. The number of fused-ring (bicyclic) bond motifs is 5. The SMILES string of the molecule is CC[C@@]1(O)C(=O)OCc2c1cc1n(c2=O)Cc2cc3c(NC(C)C)cccc3nc2-1. The van der Waals surface area contributed by atoms with E-state index >= 15 is 0 Å². The number of hydrogen-bond donors (Lipinski definition) is 2. The number of pyridine rings is 2. The van der Waals surface area contributed by atoms with Crippen LogP contribution in [0, 0.1) is 0 Å². The Morgan fingerprint density at radius 1 is 1.30 bits per heavy atom. The molecule has 0 bridgehead atoms. The van der Waals surface area contributed by atoms with Gasteiger partial charge in [0.15, 0.2) is 5.60 Å². The minimum atomic E-state index is -1.81. The molecule has 0 spiro atoms. The summed E-state index contributed by atoms with van der Waals surface area (Å²) in [6.45, 7) is 6.14. The highest BCUT2D eigenvalue weighted by Crippen LogP contribution is 2.39. The Morgan fingerprint density at radius 2 is 2.10 bits per heavy atom. The number of esters is 1. The molecule has 1 atom stereocenters. The summed E-state index contributed by atoms with van der Waals surface area (Å²) in [6, 6.07) is 10.0. The van der Waals surface area contributed by atoms with Gasteiger partial charge in [-0.3, -0.25) is 4.79 Å². The Balaban J connectivity index is 1.74. The molecule has 1 aromatic carbocycles. The topological polar surface area (TPSA) is 93.5 Å². The molecule has 0 amide bonds. The van der Waals surface area contributed by atoms with E-state index in [2.05, 4.69) is 25.2 Å². The van der Waals surface area contributed by atoms with E-state index in [9.17, 15) is 14.7 Å². The van der Waals surface area contributed by atoms with Crippen molar-refractivity contribution in [1.29, 1.82) is 0 Å². The zero-order chi connectivity index (χ0) is 21.2. The van der Waals surface area contributed by atoms with Gasteiger partial charge < -0.3 is 19.7 Å². The molecule has 0 unspecified atom stereocenters. The van der Waals surface area contributed by atoms with Crippen LogP contribution in [0.3, 0.4) is 0 Å². The molecule has 30 heavy (non-hydrogen) atoms. The minimum absolute atomic E-state index is 0.121. The molecule has 7 heteroatoms. The number of hydrogen-bond acceptors (Lipinski definition) is 6. The van der Waals surface area contributed by atoms with Gasteiger partial charge in [0.25, 0.3) is 5.56 Å². The van der Waals surface area contributed by atoms with Gasteiger partial charge >= 0.3 is 5.97 Å². The first-order valence-corrected chi connectivity index (χ1v) is 10.2. The molecule has 2 aliphatic heterocycles. The predicted octanol–water partition coefficient (Wildman–Crippen LogP) is 2.90. The normalized spacial score (nSPS) is 19.4. The van der Waals surface area contributed by atoms with Crippen LogP contribution >= 0.6 is 0 Å². The lowest BCUT2D eigenvalue weighted by molar-refractivity contribution is -0.172. The van der Waals surface area contributed by atoms with Crippen LogP contribution in [0.5, 0.6) is 0 Å². The molecule has 5 rings (SSSR count). The third kappa shape index (κ3) is 2.51. The number of carbonyl (C=O) groups excluding carboxylic acids is 1. The highest BCUT2D eigenvalue weighted by Gasteiger charge is 2.45. The summed E-state index contributed by atoms with van der Waals surface area (Å²) in [7, 11) is 0. The fraction of sp³-hybridized carbons (Fsp3) is 0.348. The Kier molecular flexibility index (Phi) is 4.02. The Labute approximate surface area is 173 Å². The van der Waals surface area contributed by atoms with Crippen LogP contribution in [-0.4, -0.2) is 26.7 Å². The summed E-state index contributed by atoms with van der Waals surface area (Å²) >= 11 is 0. The highest BCUT2D eigenvalue weighted by molar-refractivity contribution is 5.94. The zero-order valence-electron chi connectivity index (χ0n) is 17.2. The van der Waals surface area contributed by atoms with Crippen LogP contribution in [0.2, 0.25) is 0 Å². The van der Waals surface area contributed by atoms with Crippen LogP contribution < -0.4 is 10.9 Å². The second-order valence-electron chi connectivity index (χ2n) is 8.27. The maximum atomic E-state index is 13.2. The summed E-state index contributed by atoms with van der Waals surface area (Å²) in [5.41, 5.74) is 2.71. The van der Waals surface area contributed by atoms with Gasteiger partial charge in [0.2, 0.25) is 0 Å². The fourth-order valence-corrected chi connectivity index (χ4v) is 4.44. The third-order valence-corrected chi connectivity index (χ3v) is 6.00. The van der Waals surface area contributed by atoms with E-state index in [1.807, 2.05) is 18.2 Å². The number of benzene rings is 1. The molecule has 2 N–H and O–H groups in total. The molecule has 0 saturated carbocycles. The van der Waals surface area contributed by atoms with Crippen LogP contribution in [0.4, 0.5) is 5.69 Å². The van der Waals surface area contributed by atoms with Crippen molar-refractivity contribution in [3.63, 3.8) is 0 Å². The van der Waals surface area contributed by atoms with Gasteiger partial charge in [-0.15, -0.1) is 0 Å². The summed E-state index contributed by atoms with van der Waals surface area (Å²) in [6.07, 6.45) is 0.129. The van der Waals surface area contributed by atoms with E-state index < -0.39 is 11.6 Å². The maximum Gasteiger partial charge on any atom is 0.343 e. The standard InChI is InChI=1S/C23H23N3O4/c1-4-23(29)16-9-19-20-13(10-26(19)21(27)15(16)11-30-22(23)28)8-14-17(24-12(2)3)6-5-7-18(14)25-20/h5-9,12,24,29H,4,10-11H2,1-3H3/t23-/m0/s1. The molecule has 2 aliphatic rings. The van der Waals surface area contributed by atoms with E-state index in [0.29, 0.717) is 29.1 Å². The zero-order valence-corrected chi connectivity index (χ0v) is 17.2. The first kappa shape index (κ1) is 18.8. The predicted molar refractivity (Wildman–Crippen MR) is 113 cm³/mol. The third-order valence-electron chi connectivity index (χ3n) is 6.00. The van der Waals surface area contributed by atoms with Gasteiger partial charge in [-0.05, 0) is 44.5 Å². The lowest BCUT2D eigenvalue weighted by Crippen LogP contribution is -2.44. The first-order valence-electron chi connectivity index (χ1n) is 10.2. The number of nitrogens with zero attached hydrogens (tertiary/aromatic N) is 2. The van der Waals surface area contributed by atoms with Crippen LogP contribution in [0.15, 0.2) is 35.1 Å². The van der Waals surface area contributed by atoms with Crippen molar-refractivity contribution >= 4 is 22.6 Å². The summed E-state index contributed by atoms with van der Waals surface area (Å²) in [4.78, 5) is 30.3. The van der Waals surface area contributed by atoms with Crippen LogP contribution in [0.1, 0.15) is 43.9 Å². The number of ether oxygens (including phenoxy) is 1. The van der Waals surface area contributed by atoms with Crippen molar-refractivity contribution in [1.82, 2.24) is 9.55 Å². The number of aliphatic hydroxyl groups is 1. The minimum Gasteiger partial charge on any atom is -0.458 e.